The van der Waals surface area contributed by atoms with E-state index >= 15 is 0 Å². The molecule has 3 saturated heterocycles. The number of nitrogens with one attached hydrogen (secondary N) is 2. The predicted octanol–water partition coefficient (Wildman–Crippen LogP) is 4.63. The lowest BCUT2D eigenvalue weighted by atomic mass is 9.95. The summed E-state index contributed by atoms with van der Waals surface area (Å²) in [6.45, 7) is 4.96. The molecule has 17 heteroatoms. The molecule has 318 valence electrons. The van der Waals surface area contributed by atoms with Gasteiger partial charge < -0.3 is 25.7 Å². The molecule has 3 fully saturated rings. The maximum absolute atomic E-state index is 13.8. The monoisotopic (exact) mass is 868 g/mol. The molecule has 2 aromatic carbocycles. The number of halogens is 1. The highest BCUT2D eigenvalue weighted by molar-refractivity contribution is 8.01. The van der Waals surface area contributed by atoms with E-state index < -0.39 is 63.5 Å². The van der Waals surface area contributed by atoms with Gasteiger partial charge in [-0.25, -0.2) is 9.59 Å². The van der Waals surface area contributed by atoms with Gasteiger partial charge in [-0.1, -0.05) is 104 Å². The summed E-state index contributed by atoms with van der Waals surface area (Å²) in [5.41, 5.74) is 1.40. The molecule has 14 nitrogen and oxygen atoms in total. The zero-order valence-corrected chi connectivity index (χ0v) is 36.1. The Morgan fingerprint density at radius 3 is 1.68 bits per heavy atom. The highest BCUT2D eigenvalue weighted by atomic mass is 35.5. The molecular formula is C42H53ClN6O8S2. The number of β-lactam (4-membered cyclic amide) rings is 2. The Balaban J connectivity index is 0.931. The van der Waals surface area contributed by atoms with Crippen molar-refractivity contribution in [1.82, 2.24) is 30.2 Å². The topological polar surface area (TPSA) is 180 Å². The first kappa shape index (κ1) is 44.5. The number of nitrogens with zero attached hydrogens (tertiary/aromatic N) is 4. The summed E-state index contributed by atoms with van der Waals surface area (Å²) in [6.07, 6.45) is 6.82. The summed E-state index contributed by atoms with van der Waals surface area (Å²) >= 11 is 8.85. The standard InChI is InChI=1S/C42H53ClN6O8S2/c1-42(2)33(41(56)57)49-37(53)29(39(49)59-42)45-35(51)31(26-20-14-11-15-21-26)47(4)23-17-9-7-5-6-8-16-22-46(3)30(25-18-12-10-13-19-25)34(50)44-28-36(52)48-32(40(54)55)27(43)24-58-38(28)48/h10-15,18-21,28-31,33,38-39H,5-9,16-17,22-24H2,1-4H3,(H,44,50)(H,45,51)(H,54,55)(H,56,57)/t28?,29-,30-,31+,33+,38?,39?/m0/s1. The fourth-order valence-electron chi connectivity index (χ4n) is 8.54. The van der Waals surface area contributed by atoms with Crippen molar-refractivity contribution in [3.63, 3.8) is 0 Å². The number of likely N-dealkylation sites (N-methyl/N-ethyl adjacent to an activating group) is 2. The van der Waals surface area contributed by atoms with Crippen LogP contribution in [-0.4, -0.2) is 132 Å². The van der Waals surface area contributed by atoms with Crippen LogP contribution in [0.15, 0.2) is 71.4 Å². The third kappa shape index (κ3) is 9.46. The normalized spacial score (nSPS) is 24.2. The molecule has 0 spiro atoms. The number of aliphatic carboxylic acids is 2. The van der Waals surface area contributed by atoms with Crippen LogP contribution in [0.2, 0.25) is 0 Å². The van der Waals surface area contributed by atoms with E-state index in [4.69, 9.17) is 11.6 Å². The number of fused-ring (bicyclic) bond motifs is 2. The first-order valence-corrected chi connectivity index (χ1v) is 22.3. The van der Waals surface area contributed by atoms with Crippen LogP contribution < -0.4 is 10.6 Å². The fourth-order valence-corrected chi connectivity index (χ4v) is 11.7. The lowest BCUT2D eigenvalue weighted by molar-refractivity contribution is -0.161. The predicted molar refractivity (Wildman–Crippen MR) is 227 cm³/mol. The summed E-state index contributed by atoms with van der Waals surface area (Å²) in [7, 11) is 3.81. The Morgan fingerprint density at radius 2 is 1.22 bits per heavy atom. The van der Waals surface area contributed by atoms with Gasteiger partial charge in [0, 0.05) is 10.5 Å². The molecule has 6 rings (SSSR count). The Hall–Kier alpha value is -4.09. The number of carboxylic acids is 2. The second kappa shape index (κ2) is 19.1. The van der Waals surface area contributed by atoms with Crippen molar-refractivity contribution in [1.29, 1.82) is 0 Å². The number of carboxylic acid groups (broad SMARTS) is 2. The van der Waals surface area contributed by atoms with Gasteiger partial charge in [0.05, 0.1) is 5.03 Å². The van der Waals surface area contributed by atoms with Crippen molar-refractivity contribution in [2.45, 2.75) is 104 Å². The number of amides is 4. The molecule has 0 saturated carbocycles. The van der Waals surface area contributed by atoms with E-state index in [2.05, 4.69) is 10.6 Å². The van der Waals surface area contributed by atoms with Gasteiger partial charge in [0.2, 0.25) is 17.7 Å². The number of carbonyl (C=O) groups is 6. The number of hydrogen-bond donors (Lipinski definition) is 4. The molecule has 4 aliphatic heterocycles. The summed E-state index contributed by atoms with van der Waals surface area (Å²) in [5.74, 6) is -3.52. The molecule has 0 aromatic heterocycles. The Bertz CT molecular complexity index is 1940. The summed E-state index contributed by atoms with van der Waals surface area (Å²) in [4.78, 5) is 83.9. The lowest BCUT2D eigenvalue weighted by Gasteiger charge is -2.49. The minimum absolute atomic E-state index is 0.107. The van der Waals surface area contributed by atoms with E-state index in [1.165, 1.54) is 28.4 Å². The number of unbranched alkanes of at least 4 members (excludes halogenated alkanes) is 6. The number of hydrogen-bond acceptors (Lipinski definition) is 10. The van der Waals surface area contributed by atoms with E-state index in [0.717, 1.165) is 61.0 Å². The second-order valence-corrected chi connectivity index (χ2v) is 19.4. The van der Waals surface area contributed by atoms with E-state index in [0.29, 0.717) is 13.1 Å². The summed E-state index contributed by atoms with van der Waals surface area (Å²) in [6, 6.07) is 15.1. The zero-order chi connectivity index (χ0) is 42.6. The molecule has 3 unspecified atom stereocenters. The van der Waals surface area contributed by atoms with Crippen LogP contribution in [0.25, 0.3) is 0 Å². The van der Waals surface area contributed by atoms with Crippen LogP contribution in [0.3, 0.4) is 0 Å². The van der Waals surface area contributed by atoms with Crippen molar-refractivity contribution in [2.24, 2.45) is 0 Å². The highest BCUT2D eigenvalue weighted by Crippen LogP contribution is 2.51. The van der Waals surface area contributed by atoms with Gasteiger partial charge in [-0.15, -0.1) is 23.5 Å². The van der Waals surface area contributed by atoms with E-state index in [-0.39, 0.29) is 34.2 Å². The van der Waals surface area contributed by atoms with Crippen LogP contribution in [0.4, 0.5) is 0 Å². The van der Waals surface area contributed by atoms with Crippen LogP contribution >= 0.6 is 35.1 Å². The molecule has 4 heterocycles. The Morgan fingerprint density at radius 1 is 0.763 bits per heavy atom. The van der Waals surface area contributed by atoms with Gasteiger partial charge in [-0.05, 0) is 65.0 Å². The zero-order valence-electron chi connectivity index (χ0n) is 33.7. The average molecular weight is 870 g/mol. The Kier molecular flexibility index (Phi) is 14.4. The van der Waals surface area contributed by atoms with Crippen molar-refractivity contribution >= 4 is 70.7 Å². The number of rotatable bonds is 20. The third-order valence-corrected chi connectivity index (χ3v) is 14.8. The molecular weight excluding hydrogens is 816 g/mol. The molecule has 2 aromatic rings. The highest BCUT2D eigenvalue weighted by Gasteiger charge is 2.64. The smallest absolute Gasteiger partial charge is 0.353 e. The molecule has 0 bridgehead atoms. The second-order valence-electron chi connectivity index (χ2n) is 16.1. The van der Waals surface area contributed by atoms with Crippen molar-refractivity contribution in [3.8, 4) is 0 Å². The SMILES string of the molecule is CN(CCCCCCCCCN(C)[C@@H](C(=O)N[C@H]1C(=O)N2C1SC(C)(C)[C@H]2C(=O)O)c1ccccc1)[C@H](C(=O)NC1C(=O)N2C(C(=O)O)=C(Cl)CSC12)c1ccccc1. The molecule has 4 amide bonds. The van der Waals surface area contributed by atoms with Gasteiger partial charge >= 0.3 is 11.9 Å². The van der Waals surface area contributed by atoms with Gasteiger partial charge in [0.1, 0.15) is 46.7 Å². The van der Waals surface area contributed by atoms with Crippen LogP contribution in [0.5, 0.6) is 0 Å². The van der Waals surface area contributed by atoms with Gasteiger partial charge in [0.25, 0.3) is 5.91 Å². The van der Waals surface area contributed by atoms with Crippen molar-refractivity contribution in [2.75, 3.05) is 32.9 Å². The van der Waals surface area contributed by atoms with Crippen LogP contribution in [0, 0.1) is 0 Å². The summed E-state index contributed by atoms with van der Waals surface area (Å²) < 4.78 is -0.676. The lowest BCUT2D eigenvalue weighted by Crippen LogP contribution is -2.71. The van der Waals surface area contributed by atoms with Crippen molar-refractivity contribution < 1.29 is 39.0 Å². The molecule has 4 N–H and O–H groups in total. The number of thioether (sulfide) groups is 2. The van der Waals surface area contributed by atoms with Gasteiger partial charge in [-0.3, -0.25) is 33.9 Å². The van der Waals surface area contributed by atoms with Crippen molar-refractivity contribution in [3.05, 3.63) is 82.5 Å². The molecule has 7 atom stereocenters. The third-order valence-electron chi connectivity index (χ3n) is 11.5. The maximum Gasteiger partial charge on any atom is 0.353 e. The fraction of sp³-hybridized carbons (Fsp3) is 0.524. The number of carbonyl (C=O) groups excluding carboxylic acids is 4. The first-order valence-electron chi connectivity index (χ1n) is 20.0. The number of benzene rings is 2. The maximum atomic E-state index is 13.8. The molecule has 0 aliphatic carbocycles. The van der Waals surface area contributed by atoms with Gasteiger partial charge in [-0.2, -0.15) is 0 Å². The first-order chi connectivity index (χ1) is 28.1. The summed E-state index contributed by atoms with van der Waals surface area (Å²) in [5, 5.41) is 24.4. The van der Waals surface area contributed by atoms with Crippen LogP contribution in [0.1, 0.15) is 82.0 Å². The minimum atomic E-state index is -1.27. The quantitative estimate of drug-likeness (QED) is 0.107. The Labute approximate surface area is 358 Å². The molecule has 0 radical (unpaired) electrons. The average Bonchev–Trinajstić information content (AvgIpc) is 3.46. The van der Waals surface area contributed by atoms with E-state index in [9.17, 15) is 39.0 Å². The largest absolute Gasteiger partial charge is 0.480 e. The van der Waals surface area contributed by atoms with E-state index in [1.807, 2.05) is 98.4 Å². The molecule has 4 aliphatic rings. The van der Waals surface area contributed by atoms with Gasteiger partial charge in [0.15, 0.2) is 0 Å². The van der Waals surface area contributed by atoms with Crippen LogP contribution in [-0.2, 0) is 28.8 Å². The van der Waals surface area contributed by atoms with E-state index in [1.54, 1.807) is 0 Å². The molecule has 59 heavy (non-hydrogen) atoms. The minimum Gasteiger partial charge on any atom is -0.480 e.